The van der Waals surface area contributed by atoms with Gasteiger partial charge in [-0.25, -0.2) is 13.2 Å². The van der Waals surface area contributed by atoms with Crippen molar-refractivity contribution in [2.75, 3.05) is 27.2 Å². The Kier molecular flexibility index (Phi) is 5.30. The summed E-state index contributed by atoms with van der Waals surface area (Å²) in [5.41, 5.74) is 4.71. The topological polar surface area (TPSA) is 53.2 Å². The molecule has 35 heavy (non-hydrogen) atoms. The van der Waals surface area contributed by atoms with Gasteiger partial charge in [-0.05, 0) is 67.4 Å². The number of likely N-dealkylation sites (N-methyl/N-ethyl adjacent to an activating group) is 1. The molecule has 4 aromatic rings. The van der Waals surface area contributed by atoms with E-state index in [1.54, 1.807) is 7.11 Å². The molecule has 0 radical (unpaired) electrons. The zero-order valence-electron chi connectivity index (χ0n) is 19.6. The van der Waals surface area contributed by atoms with Gasteiger partial charge in [0.05, 0.1) is 18.2 Å². The fourth-order valence-electron chi connectivity index (χ4n) is 5.38. The van der Waals surface area contributed by atoms with Crippen molar-refractivity contribution in [3.63, 3.8) is 0 Å². The predicted molar refractivity (Wildman–Crippen MR) is 129 cm³/mol. The molecule has 0 unspecified atom stereocenters. The van der Waals surface area contributed by atoms with E-state index < -0.39 is 17.5 Å². The number of hydrogen-bond donors (Lipinski definition) is 2. The normalized spacial score (nSPS) is 15.8. The molecule has 1 aromatic heterocycles. The SMILES string of the molecule is COc1cc(-c2n[nH]c3cc(F)c(-c4c(F)cc5c(c4F)CNCC5)cc23)cc2c1CCN(C)C2. The van der Waals surface area contributed by atoms with E-state index in [0.717, 1.165) is 36.4 Å². The second-order valence-corrected chi connectivity index (χ2v) is 9.37. The van der Waals surface area contributed by atoms with Crippen LogP contribution < -0.4 is 10.1 Å². The van der Waals surface area contributed by atoms with Crippen molar-refractivity contribution in [1.82, 2.24) is 20.4 Å². The van der Waals surface area contributed by atoms with Crippen molar-refractivity contribution in [3.05, 3.63) is 70.0 Å². The minimum atomic E-state index is -0.759. The molecule has 3 aromatic carbocycles. The number of aromatic nitrogens is 2. The molecule has 8 heteroatoms. The third-order valence-electron chi connectivity index (χ3n) is 7.18. The van der Waals surface area contributed by atoms with Crippen LogP contribution in [-0.2, 0) is 25.9 Å². The molecule has 0 fully saturated rings. The van der Waals surface area contributed by atoms with Crippen molar-refractivity contribution in [1.29, 1.82) is 0 Å². The van der Waals surface area contributed by atoms with Crippen LogP contribution in [0.15, 0.2) is 30.3 Å². The Labute approximate surface area is 200 Å². The Morgan fingerprint density at radius 2 is 1.83 bits per heavy atom. The fraction of sp³-hybridized carbons (Fsp3) is 0.296. The molecule has 0 saturated carbocycles. The van der Waals surface area contributed by atoms with Crippen LogP contribution in [0.4, 0.5) is 13.2 Å². The first-order valence-corrected chi connectivity index (χ1v) is 11.7. The molecular formula is C27H25F3N4O. The van der Waals surface area contributed by atoms with Gasteiger partial charge in [0.2, 0.25) is 0 Å². The Morgan fingerprint density at radius 3 is 2.66 bits per heavy atom. The van der Waals surface area contributed by atoms with Gasteiger partial charge in [-0.15, -0.1) is 0 Å². The molecule has 180 valence electrons. The Balaban J connectivity index is 1.53. The van der Waals surface area contributed by atoms with Crippen molar-refractivity contribution in [2.24, 2.45) is 0 Å². The van der Waals surface area contributed by atoms with Crippen LogP contribution in [-0.4, -0.2) is 42.3 Å². The molecule has 6 rings (SSSR count). The summed E-state index contributed by atoms with van der Waals surface area (Å²) in [5, 5.41) is 11.0. The van der Waals surface area contributed by atoms with Gasteiger partial charge in [-0.3, -0.25) is 5.10 Å². The second kappa shape index (κ2) is 8.39. The van der Waals surface area contributed by atoms with Crippen molar-refractivity contribution < 1.29 is 17.9 Å². The molecule has 0 amide bonds. The number of methoxy groups -OCH3 is 1. The molecule has 0 spiro atoms. The summed E-state index contributed by atoms with van der Waals surface area (Å²) in [7, 11) is 3.71. The summed E-state index contributed by atoms with van der Waals surface area (Å²) < 4.78 is 51.4. The number of nitrogens with one attached hydrogen (secondary N) is 2. The third kappa shape index (κ3) is 3.59. The minimum Gasteiger partial charge on any atom is -0.496 e. The van der Waals surface area contributed by atoms with E-state index in [0.29, 0.717) is 47.2 Å². The van der Waals surface area contributed by atoms with Gasteiger partial charge in [0, 0.05) is 47.8 Å². The summed E-state index contributed by atoms with van der Waals surface area (Å²) in [6, 6.07) is 8.07. The Hall–Kier alpha value is -3.36. The maximum atomic E-state index is 15.5. The third-order valence-corrected chi connectivity index (χ3v) is 7.18. The lowest BCUT2D eigenvalue weighted by molar-refractivity contribution is 0.306. The highest BCUT2D eigenvalue weighted by atomic mass is 19.1. The zero-order chi connectivity index (χ0) is 24.3. The van der Waals surface area contributed by atoms with Crippen molar-refractivity contribution in [2.45, 2.75) is 25.9 Å². The van der Waals surface area contributed by atoms with E-state index in [1.165, 1.54) is 23.8 Å². The summed E-state index contributed by atoms with van der Waals surface area (Å²) >= 11 is 0. The zero-order valence-corrected chi connectivity index (χ0v) is 19.6. The summed E-state index contributed by atoms with van der Waals surface area (Å²) in [5.74, 6) is -1.40. The number of aromatic amines is 1. The van der Waals surface area contributed by atoms with Crippen LogP contribution >= 0.6 is 0 Å². The summed E-state index contributed by atoms with van der Waals surface area (Å²) in [4.78, 5) is 2.23. The van der Waals surface area contributed by atoms with Gasteiger partial charge >= 0.3 is 0 Å². The maximum absolute atomic E-state index is 15.5. The van der Waals surface area contributed by atoms with Crippen LogP contribution in [0.5, 0.6) is 5.75 Å². The molecular weight excluding hydrogens is 453 g/mol. The first-order valence-electron chi connectivity index (χ1n) is 11.7. The number of hydrogen-bond acceptors (Lipinski definition) is 4. The molecule has 2 aliphatic rings. The standard InChI is InChI=1S/C27H25F3N4O/c1-34-6-4-17-16(13-34)7-15(9-24(17)35-2)27-19-10-18(21(28)11-23(19)32-33-27)25-22(29)8-14-3-5-31-12-20(14)26(25)30/h7-11,31H,3-6,12-13H2,1-2H3,(H,32,33). The largest absolute Gasteiger partial charge is 0.496 e. The first-order chi connectivity index (χ1) is 16.9. The van der Waals surface area contributed by atoms with Crippen LogP contribution in [0, 0.1) is 17.5 Å². The number of nitrogens with zero attached hydrogens (tertiary/aromatic N) is 2. The highest BCUT2D eigenvalue weighted by Gasteiger charge is 2.25. The number of benzene rings is 3. The van der Waals surface area contributed by atoms with E-state index in [1.807, 2.05) is 6.07 Å². The molecule has 2 N–H and O–H groups in total. The predicted octanol–water partition coefficient (Wildman–Crippen LogP) is 4.96. The molecule has 5 nitrogen and oxygen atoms in total. The van der Waals surface area contributed by atoms with Gasteiger partial charge in [0.15, 0.2) is 0 Å². The fourth-order valence-corrected chi connectivity index (χ4v) is 5.38. The quantitative estimate of drug-likeness (QED) is 0.437. The van der Waals surface area contributed by atoms with Crippen LogP contribution in [0.25, 0.3) is 33.3 Å². The van der Waals surface area contributed by atoms with E-state index >= 15 is 13.2 Å². The van der Waals surface area contributed by atoms with E-state index in [9.17, 15) is 0 Å². The van der Waals surface area contributed by atoms with Crippen molar-refractivity contribution in [3.8, 4) is 28.1 Å². The minimum absolute atomic E-state index is 0.117. The molecule has 0 aliphatic carbocycles. The average molecular weight is 479 g/mol. The lowest BCUT2D eigenvalue weighted by Gasteiger charge is -2.27. The number of fused-ring (bicyclic) bond motifs is 3. The van der Waals surface area contributed by atoms with Crippen LogP contribution in [0.1, 0.15) is 22.3 Å². The van der Waals surface area contributed by atoms with Crippen LogP contribution in [0.3, 0.4) is 0 Å². The highest BCUT2D eigenvalue weighted by molar-refractivity contribution is 5.96. The number of rotatable bonds is 3. The first kappa shape index (κ1) is 22.1. The molecule has 0 bridgehead atoms. The number of H-pyrrole nitrogens is 1. The molecule has 3 heterocycles. The average Bonchev–Trinajstić information content (AvgIpc) is 3.25. The Bertz CT molecular complexity index is 1480. The highest BCUT2D eigenvalue weighted by Crippen LogP contribution is 2.39. The molecule has 0 atom stereocenters. The second-order valence-electron chi connectivity index (χ2n) is 9.37. The molecule has 2 aliphatic heterocycles. The summed E-state index contributed by atoms with van der Waals surface area (Å²) in [6.07, 6.45) is 1.42. The summed E-state index contributed by atoms with van der Waals surface area (Å²) in [6.45, 7) is 2.67. The van der Waals surface area contributed by atoms with Gasteiger partial charge in [0.25, 0.3) is 0 Å². The van der Waals surface area contributed by atoms with Crippen molar-refractivity contribution >= 4 is 10.9 Å². The Morgan fingerprint density at radius 1 is 0.971 bits per heavy atom. The van der Waals surface area contributed by atoms with Gasteiger partial charge < -0.3 is 15.0 Å². The maximum Gasteiger partial charge on any atom is 0.138 e. The van der Waals surface area contributed by atoms with Gasteiger partial charge in [-0.1, -0.05) is 0 Å². The number of ether oxygens (including phenoxy) is 1. The smallest absolute Gasteiger partial charge is 0.138 e. The van der Waals surface area contributed by atoms with E-state index in [4.69, 9.17) is 4.74 Å². The lowest BCUT2D eigenvalue weighted by Crippen LogP contribution is -2.26. The number of halogens is 3. The van der Waals surface area contributed by atoms with Gasteiger partial charge in [0.1, 0.15) is 28.9 Å². The van der Waals surface area contributed by atoms with E-state index in [-0.39, 0.29) is 11.1 Å². The lowest BCUT2D eigenvalue weighted by atomic mass is 9.92. The monoisotopic (exact) mass is 478 g/mol. The van der Waals surface area contributed by atoms with Gasteiger partial charge in [-0.2, -0.15) is 5.10 Å². The molecule has 0 saturated heterocycles. The van der Waals surface area contributed by atoms with E-state index in [2.05, 4.69) is 33.5 Å². The van der Waals surface area contributed by atoms with Crippen LogP contribution in [0.2, 0.25) is 0 Å².